The molecule has 0 unspecified atom stereocenters. The SMILES string of the molecule is C=CCC1CCC(COC(C)=O)CC1. The highest BCUT2D eigenvalue weighted by Crippen LogP contribution is 2.30. The van der Waals surface area contributed by atoms with E-state index >= 15 is 0 Å². The van der Waals surface area contributed by atoms with Crippen LogP contribution in [0.5, 0.6) is 0 Å². The van der Waals surface area contributed by atoms with Gasteiger partial charge in [0.1, 0.15) is 0 Å². The van der Waals surface area contributed by atoms with Crippen LogP contribution in [0.2, 0.25) is 0 Å². The number of esters is 1. The number of allylic oxidation sites excluding steroid dienone is 1. The Labute approximate surface area is 86.3 Å². The molecule has 1 aliphatic rings. The van der Waals surface area contributed by atoms with Crippen LogP contribution in [0.25, 0.3) is 0 Å². The lowest BCUT2D eigenvalue weighted by molar-refractivity contribution is -0.142. The van der Waals surface area contributed by atoms with Crippen molar-refractivity contribution in [1.29, 1.82) is 0 Å². The number of ether oxygens (including phenoxy) is 1. The molecular formula is C12H20O2. The molecule has 14 heavy (non-hydrogen) atoms. The summed E-state index contributed by atoms with van der Waals surface area (Å²) in [5, 5.41) is 0. The molecule has 0 aromatic rings. The van der Waals surface area contributed by atoms with Gasteiger partial charge in [0.25, 0.3) is 0 Å². The Balaban J connectivity index is 2.15. The molecule has 0 spiro atoms. The molecule has 1 saturated carbocycles. The molecule has 1 aliphatic carbocycles. The largest absolute Gasteiger partial charge is 0.466 e. The molecule has 0 aliphatic heterocycles. The molecule has 2 heteroatoms. The van der Waals surface area contributed by atoms with Gasteiger partial charge < -0.3 is 4.74 Å². The van der Waals surface area contributed by atoms with Crippen LogP contribution >= 0.6 is 0 Å². The van der Waals surface area contributed by atoms with Crippen LogP contribution in [-0.2, 0) is 9.53 Å². The second-order valence-electron chi connectivity index (χ2n) is 4.21. The molecular weight excluding hydrogens is 176 g/mol. The summed E-state index contributed by atoms with van der Waals surface area (Å²) in [6.07, 6.45) is 8.07. The molecule has 0 heterocycles. The van der Waals surface area contributed by atoms with Crippen molar-refractivity contribution in [3.05, 3.63) is 12.7 Å². The molecule has 2 nitrogen and oxygen atoms in total. The first kappa shape index (κ1) is 11.3. The smallest absolute Gasteiger partial charge is 0.302 e. The molecule has 0 N–H and O–H groups in total. The maximum absolute atomic E-state index is 10.6. The summed E-state index contributed by atoms with van der Waals surface area (Å²) in [4.78, 5) is 10.6. The summed E-state index contributed by atoms with van der Waals surface area (Å²) in [6, 6.07) is 0. The number of carbonyl (C=O) groups is 1. The number of hydrogen-bond acceptors (Lipinski definition) is 2. The van der Waals surface area contributed by atoms with Gasteiger partial charge >= 0.3 is 5.97 Å². The first-order valence-corrected chi connectivity index (χ1v) is 5.46. The predicted molar refractivity (Wildman–Crippen MR) is 56.9 cm³/mol. The van der Waals surface area contributed by atoms with Gasteiger partial charge in [-0.1, -0.05) is 6.08 Å². The maximum atomic E-state index is 10.6. The molecule has 80 valence electrons. The Morgan fingerprint density at radius 3 is 2.43 bits per heavy atom. The number of rotatable bonds is 4. The van der Waals surface area contributed by atoms with Crippen LogP contribution in [0.1, 0.15) is 39.0 Å². The van der Waals surface area contributed by atoms with E-state index in [2.05, 4.69) is 6.58 Å². The molecule has 0 aromatic carbocycles. The summed E-state index contributed by atoms with van der Waals surface area (Å²) in [6.45, 7) is 5.86. The van der Waals surface area contributed by atoms with Gasteiger partial charge in [0.05, 0.1) is 6.61 Å². The zero-order valence-corrected chi connectivity index (χ0v) is 9.00. The fourth-order valence-electron chi connectivity index (χ4n) is 2.10. The average Bonchev–Trinajstić information content (AvgIpc) is 2.17. The molecule has 0 saturated heterocycles. The molecule has 0 radical (unpaired) electrons. The molecule has 0 amide bonds. The van der Waals surface area contributed by atoms with E-state index in [1.54, 1.807) is 0 Å². The zero-order chi connectivity index (χ0) is 10.4. The topological polar surface area (TPSA) is 26.3 Å². The van der Waals surface area contributed by atoms with Crippen molar-refractivity contribution >= 4 is 5.97 Å². The third-order valence-electron chi connectivity index (χ3n) is 2.99. The van der Waals surface area contributed by atoms with E-state index in [0.717, 1.165) is 12.3 Å². The van der Waals surface area contributed by atoms with Crippen molar-refractivity contribution in [2.24, 2.45) is 11.8 Å². The molecule has 1 fully saturated rings. The van der Waals surface area contributed by atoms with Crippen LogP contribution in [0.4, 0.5) is 0 Å². The quantitative estimate of drug-likeness (QED) is 0.510. The van der Waals surface area contributed by atoms with Crippen LogP contribution in [-0.4, -0.2) is 12.6 Å². The third-order valence-corrected chi connectivity index (χ3v) is 2.99. The fourth-order valence-corrected chi connectivity index (χ4v) is 2.10. The van der Waals surface area contributed by atoms with Crippen LogP contribution in [0.3, 0.4) is 0 Å². The molecule has 1 rings (SSSR count). The highest BCUT2D eigenvalue weighted by molar-refractivity contribution is 5.65. The number of hydrogen-bond donors (Lipinski definition) is 0. The zero-order valence-electron chi connectivity index (χ0n) is 9.00. The van der Waals surface area contributed by atoms with Crippen molar-refractivity contribution in [3.8, 4) is 0 Å². The monoisotopic (exact) mass is 196 g/mol. The lowest BCUT2D eigenvalue weighted by atomic mass is 9.81. The lowest BCUT2D eigenvalue weighted by Gasteiger charge is -2.27. The van der Waals surface area contributed by atoms with E-state index in [9.17, 15) is 4.79 Å². The van der Waals surface area contributed by atoms with E-state index in [1.807, 2.05) is 6.08 Å². The summed E-state index contributed by atoms with van der Waals surface area (Å²) < 4.78 is 5.02. The standard InChI is InChI=1S/C12H20O2/c1-3-4-11-5-7-12(8-6-11)9-14-10(2)13/h3,11-12H,1,4-9H2,2H3. The van der Waals surface area contributed by atoms with E-state index in [-0.39, 0.29) is 5.97 Å². The Morgan fingerprint density at radius 1 is 1.36 bits per heavy atom. The van der Waals surface area contributed by atoms with Gasteiger partial charge in [-0.05, 0) is 43.9 Å². The Hall–Kier alpha value is -0.790. The van der Waals surface area contributed by atoms with Gasteiger partial charge in [-0.2, -0.15) is 0 Å². The first-order valence-electron chi connectivity index (χ1n) is 5.46. The maximum Gasteiger partial charge on any atom is 0.302 e. The van der Waals surface area contributed by atoms with Crippen molar-refractivity contribution in [1.82, 2.24) is 0 Å². The van der Waals surface area contributed by atoms with E-state index in [1.165, 1.54) is 32.6 Å². The third kappa shape index (κ3) is 3.95. The van der Waals surface area contributed by atoms with Crippen LogP contribution < -0.4 is 0 Å². The summed E-state index contributed by atoms with van der Waals surface area (Å²) in [5.74, 6) is 1.26. The van der Waals surface area contributed by atoms with E-state index < -0.39 is 0 Å². The summed E-state index contributed by atoms with van der Waals surface area (Å²) in [5.41, 5.74) is 0. The average molecular weight is 196 g/mol. The Morgan fingerprint density at radius 2 is 1.93 bits per heavy atom. The van der Waals surface area contributed by atoms with Crippen molar-refractivity contribution in [2.45, 2.75) is 39.0 Å². The minimum atomic E-state index is -0.154. The minimum absolute atomic E-state index is 0.154. The summed E-state index contributed by atoms with van der Waals surface area (Å²) in [7, 11) is 0. The van der Waals surface area contributed by atoms with Crippen molar-refractivity contribution in [3.63, 3.8) is 0 Å². The Kier molecular flexibility index (Phi) is 4.71. The predicted octanol–water partition coefficient (Wildman–Crippen LogP) is 2.93. The normalized spacial score (nSPS) is 26.9. The Bertz CT molecular complexity index is 190. The van der Waals surface area contributed by atoms with Gasteiger partial charge in [0.15, 0.2) is 0 Å². The second kappa shape index (κ2) is 5.84. The van der Waals surface area contributed by atoms with Crippen LogP contribution in [0.15, 0.2) is 12.7 Å². The van der Waals surface area contributed by atoms with Crippen molar-refractivity contribution < 1.29 is 9.53 Å². The second-order valence-corrected chi connectivity index (χ2v) is 4.21. The minimum Gasteiger partial charge on any atom is -0.466 e. The molecule has 0 atom stereocenters. The van der Waals surface area contributed by atoms with Crippen LogP contribution in [0, 0.1) is 11.8 Å². The first-order chi connectivity index (χ1) is 6.72. The van der Waals surface area contributed by atoms with Gasteiger partial charge in [-0.15, -0.1) is 6.58 Å². The van der Waals surface area contributed by atoms with Gasteiger partial charge in [-0.3, -0.25) is 4.79 Å². The van der Waals surface area contributed by atoms with Gasteiger partial charge in [-0.25, -0.2) is 0 Å². The van der Waals surface area contributed by atoms with E-state index in [4.69, 9.17) is 4.74 Å². The fraction of sp³-hybridized carbons (Fsp3) is 0.750. The summed E-state index contributed by atoms with van der Waals surface area (Å²) >= 11 is 0. The molecule has 0 aromatic heterocycles. The van der Waals surface area contributed by atoms with Crippen molar-refractivity contribution in [2.75, 3.05) is 6.61 Å². The molecule has 0 bridgehead atoms. The highest BCUT2D eigenvalue weighted by Gasteiger charge is 2.20. The van der Waals surface area contributed by atoms with E-state index in [0.29, 0.717) is 12.5 Å². The lowest BCUT2D eigenvalue weighted by Crippen LogP contribution is -2.19. The highest BCUT2D eigenvalue weighted by atomic mass is 16.5. The van der Waals surface area contributed by atoms with Gasteiger partial charge in [0, 0.05) is 6.92 Å². The van der Waals surface area contributed by atoms with Gasteiger partial charge in [0.2, 0.25) is 0 Å². The number of carbonyl (C=O) groups excluding carboxylic acids is 1.